The molecular weight excluding hydrogens is 116 g/mol. The van der Waals surface area contributed by atoms with Gasteiger partial charge in [-0.2, -0.15) is 12.6 Å². The summed E-state index contributed by atoms with van der Waals surface area (Å²) in [5.74, 6) is 1.90. The average molecular weight is 128 g/mol. The molecule has 0 N–H and O–H groups in total. The summed E-state index contributed by atoms with van der Waals surface area (Å²) >= 11 is 4.47. The largest absolute Gasteiger partial charge is 0.175 e. The third-order valence-electron chi connectivity index (χ3n) is 3.18. The van der Waals surface area contributed by atoms with E-state index in [2.05, 4.69) is 26.5 Å². The van der Waals surface area contributed by atoms with Crippen molar-refractivity contribution in [3.63, 3.8) is 0 Å². The van der Waals surface area contributed by atoms with E-state index in [9.17, 15) is 0 Å². The minimum absolute atomic E-state index is 0.739. The van der Waals surface area contributed by atoms with Crippen LogP contribution in [0.4, 0.5) is 0 Å². The highest BCUT2D eigenvalue weighted by molar-refractivity contribution is 7.81. The molecule has 0 amide bonds. The predicted molar refractivity (Wildman–Crippen MR) is 38.2 cm³/mol. The third-order valence-corrected chi connectivity index (χ3v) is 4.11. The van der Waals surface area contributed by atoms with Crippen molar-refractivity contribution in [2.75, 3.05) is 0 Å². The molecule has 8 heavy (non-hydrogen) atoms. The van der Waals surface area contributed by atoms with Crippen LogP contribution < -0.4 is 0 Å². The zero-order valence-corrected chi connectivity index (χ0v) is 6.28. The Hall–Kier alpha value is 0.350. The lowest BCUT2D eigenvalue weighted by molar-refractivity contribution is 0.696. The summed E-state index contributed by atoms with van der Waals surface area (Å²) in [6.07, 6.45) is 1.45. The highest BCUT2D eigenvalue weighted by atomic mass is 32.1. The van der Waals surface area contributed by atoms with E-state index in [1.54, 1.807) is 0 Å². The Labute approximate surface area is 56.1 Å². The highest BCUT2D eigenvalue weighted by Gasteiger charge is 2.72. The summed E-state index contributed by atoms with van der Waals surface area (Å²) in [6, 6.07) is 0. The molecule has 2 rings (SSSR count). The zero-order chi connectivity index (χ0) is 5.94. The van der Waals surface area contributed by atoms with Gasteiger partial charge < -0.3 is 0 Å². The summed E-state index contributed by atoms with van der Waals surface area (Å²) in [5, 5.41) is 0.748. The van der Waals surface area contributed by atoms with E-state index in [1.165, 1.54) is 6.42 Å². The normalized spacial score (nSPS) is 68.6. The molecule has 0 bridgehead atoms. The standard InChI is InChI=1S/C7H12S/c1-4-3-7(4)5(2)6(7)8/h4-6,8H,3H2,1-2H3. The van der Waals surface area contributed by atoms with Crippen LogP contribution in [0.5, 0.6) is 0 Å². The molecule has 2 fully saturated rings. The smallest absolute Gasteiger partial charge is 0.0110 e. The Morgan fingerprint density at radius 3 is 1.88 bits per heavy atom. The molecule has 0 nitrogen and oxygen atoms in total. The van der Waals surface area contributed by atoms with Crippen molar-refractivity contribution in [1.29, 1.82) is 0 Å². The predicted octanol–water partition coefficient (Wildman–Crippen LogP) is 1.96. The van der Waals surface area contributed by atoms with E-state index in [0.29, 0.717) is 0 Å². The summed E-state index contributed by atoms with van der Waals surface area (Å²) in [7, 11) is 0. The lowest BCUT2D eigenvalue weighted by atomic mass is 10.3. The second-order valence-electron chi connectivity index (χ2n) is 3.45. The molecule has 0 aromatic carbocycles. The Kier molecular flexibility index (Phi) is 0.715. The lowest BCUT2D eigenvalue weighted by Gasteiger charge is -1.79. The molecule has 0 radical (unpaired) electrons. The average Bonchev–Trinajstić information content (AvgIpc) is 2.47. The molecule has 4 atom stereocenters. The van der Waals surface area contributed by atoms with Crippen LogP contribution in [0.1, 0.15) is 20.3 Å². The van der Waals surface area contributed by atoms with Crippen LogP contribution in [0.3, 0.4) is 0 Å². The van der Waals surface area contributed by atoms with Gasteiger partial charge in [-0.05, 0) is 23.7 Å². The molecule has 1 spiro atoms. The monoisotopic (exact) mass is 128 g/mol. The number of rotatable bonds is 0. The van der Waals surface area contributed by atoms with Crippen LogP contribution >= 0.6 is 12.6 Å². The Balaban J connectivity index is 2.14. The first-order chi connectivity index (χ1) is 3.69. The van der Waals surface area contributed by atoms with Gasteiger partial charge in [-0.25, -0.2) is 0 Å². The fourth-order valence-electron chi connectivity index (χ4n) is 2.15. The topological polar surface area (TPSA) is 0 Å². The fourth-order valence-corrected chi connectivity index (χ4v) is 2.94. The maximum atomic E-state index is 4.47. The van der Waals surface area contributed by atoms with Gasteiger partial charge in [-0.15, -0.1) is 0 Å². The van der Waals surface area contributed by atoms with Gasteiger partial charge in [0.25, 0.3) is 0 Å². The minimum atomic E-state index is 0.739. The minimum Gasteiger partial charge on any atom is -0.175 e. The molecule has 2 aliphatic rings. The molecule has 46 valence electrons. The molecule has 0 aromatic heterocycles. The third kappa shape index (κ3) is 0.333. The Morgan fingerprint density at radius 2 is 1.88 bits per heavy atom. The van der Waals surface area contributed by atoms with Crippen molar-refractivity contribution < 1.29 is 0 Å². The van der Waals surface area contributed by atoms with Crippen molar-refractivity contribution in [2.45, 2.75) is 25.5 Å². The van der Waals surface area contributed by atoms with Crippen molar-refractivity contribution in [3.05, 3.63) is 0 Å². The second kappa shape index (κ2) is 1.11. The zero-order valence-electron chi connectivity index (χ0n) is 5.39. The summed E-state index contributed by atoms with van der Waals surface area (Å²) in [5.41, 5.74) is 0.739. The summed E-state index contributed by atoms with van der Waals surface area (Å²) in [6.45, 7) is 4.66. The van der Waals surface area contributed by atoms with Crippen LogP contribution in [-0.4, -0.2) is 5.25 Å². The van der Waals surface area contributed by atoms with Crippen molar-refractivity contribution in [3.8, 4) is 0 Å². The number of hydrogen-bond donors (Lipinski definition) is 1. The summed E-state index contributed by atoms with van der Waals surface area (Å²) < 4.78 is 0. The van der Waals surface area contributed by atoms with Gasteiger partial charge in [-0.3, -0.25) is 0 Å². The second-order valence-corrected chi connectivity index (χ2v) is 4.01. The van der Waals surface area contributed by atoms with Gasteiger partial charge in [0.05, 0.1) is 0 Å². The maximum absolute atomic E-state index is 4.47. The Morgan fingerprint density at radius 1 is 1.50 bits per heavy atom. The van der Waals surface area contributed by atoms with E-state index in [0.717, 1.165) is 22.5 Å². The van der Waals surface area contributed by atoms with Crippen molar-refractivity contribution >= 4 is 12.6 Å². The van der Waals surface area contributed by atoms with E-state index >= 15 is 0 Å². The number of thiol groups is 1. The van der Waals surface area contributed by atoms with Crippen LogP contribution in [0.25, 0.3) is 0 Å². The maximum Gasteiger partial charge on any atom is 0.0110 e. The van der Waals surface area contributed by atoms with Crippen molar-refractivity contribution in [2.24, 2.45) is 17.3 Å². The van der Waals surface area contributed by atoms with E-state index in [1.807, 2.05) is 0 Å². The molecule has 4 unspecified atom stereocenters. The van der Waals surface area contributed by atoms with Crippen LogP contribution in [-0.2, 0) is 0 Å². The molecular formula is C7H12S. The van der Waals surface area contributed by atoms with Crippen LogP contribution in [0.2, 0.25) is 0 Å². The van der Waals surface area contributed by atoms with Gasteiger partial charge >= 0.3 is 0 Å². The fraction of sp³-hybridized carbons (Fsp3) is 1.00. The first kappa shape index (κ1) is 5.16. The van der Waals surface area contributed by atoms with Gasteiger partial charge in [0.15, 0.2) is 0 Å². The first-order valence-corrected chi connectivity index (χ1v) is 3.89. The molecule has 2 saturated carbocycles. The highest BCUT2D eigenvalue weighted by Crippen LogP contribution is 2.76. The van der Waals surface area contributed by atoms with Crippen LogP contribution in [0, 0.1) is 17.3 Å². The van der Waals surface area contributed by atoms with Gasteiger partial charge in [0, 0.05) is 5.25 Å². The quantitative estimate of drug-likeness (QED) is 0.474. The Bertz CT molecular complexity index is 122. The molecule has 1 heteroatoms. The SMILES string of the molecule is CC1CC12C(C)C2S. The molecule has 0 aliphatic heterocycles. The molecule has 0 aromatic rings. The number of hydrogen-bond acceptors (Lipinski definition) is 1. The van der Waals surface area contributed by atoms with Gasteiger partial charge in [0.1, 0.15) is 0 Å². The van der Waals surface area contributed by atoms with Gasteiger partial charge in [0.2, 0.25) is 0 Å². The van der Waals surface area contributed by atoms with Crippen LogP contribution in [0.15, 0.2) is 0 Å². The van der Waals surface area contributed by atoms with E-state index < -0.39 is 0 Å². The van der Waals surface area contributed by atoms with Gasteiger partial charge in [-0.1, -0.05) is 13.8 Å². The summed E-state index contributed by atoms with van der Waals surface area (Å²) in [4.78, 5) is 0. The van der Waals surface area contributed by atoms with E-state index in [-0.39, 0.29) is 0 Å². The molecule has 2 aliphatic carbocycles. The van der Waals surface area contributed by atoms with Crippen molar-refractivity contribution in [1.82, 2.24) is 0 Å². The van der Waals surface area contributed by atoms with E-state index in [4.69, 9.17) is 0 Å². The lowest BCUT2D eigenvalue weighted by Crippen LogP contribution is -1.76. The molecule has 0 heterocycles. The molecule has 0 saturated heterocycles. The first-order valence-electron chi connectivity index (χ1n) is 3.37.